The van der Waals surface area contributed by atoms with Crippen molar-refractivity contribution in [3.63, 3.8) is 0 Å². The molecule has 1 rings (SSSR count). The minimum absolute atomic E-state index is 0.0323. The van der Waals surface area contributed by atoms with Crippen LogP contribution in [0.5, 0.6) is 0 Å². The van der Waals surface area contributed by atoms with Crippen LogP contribution in [0.2, 0.25) is 0 Å². The van der Waals surface area contributed by atoms with Gasteiger partial charge in [-0.1, -0.05) is 26.7 Å². The molecule has 0 bridgehead atoms. The molecule has 0 aromatic carbocycles. The second kappa shape index (κ2) is 8.39. The number of carboxylic acid groups (broad SMARTS) is 1. The lowest BCUT2D eigenvalue weighted by Gasteiger charge is -2.39. The molecule has 0 aromatic heterocycles. The van der Waals surface area contributed by atoms with Crippen LogP contribution in [-0.2, 0) is 4.79 Å². The lowest BCUT2D eigenvalue weighted by Crippen LogP contribution is -2.61. The molecule has 0 radical (unpaired) electrons. The van der Waals surface area contributed by atoms with E-state index in [-0.39, 0.29) is 11.9 Å². The number of carbonyl (C=O) groups excluding carboxylic acids is 1. The molecule has 2 atom stereocenters. The molecule has 0 heterocycles. The summed E-state index contributed by atoms with van der Waals surface area (Å²) in [7, 11) is 0. The number of rotatable bonds is 7. The van der Waals surface area contributed by atoms with Crippen molar-refractivity contribution < 1.29 is 14.7 Å². The zero-order chi connectivity index (χ0) is 15.0. The van der Waals surface area contributed by atoms with Crippen LogP contribution in [0.4, 0.5) is 4.79 Å². The first-order valence-electron chi connectivity index (χ1n) is 7.40. The highest BCUT2D eigenvalue weighted by atomic mass is 32.2. The number of hydrogen-bond donors (Lipinski definition) is 3. The minimum Gasteiger partial charge on any atom is -0.479 e. The summed E-state index contributed by atoms with van der Waals surface area (Å²) in [4.78, 5) is 23.5. The zero-order valence-electron chi connectivity index (χ0n) is 12.4. The summed E-state index contributed by atoms with van der Waals surface area (Å²) in [6.07, 6.45) is 4.15. The molecule has 20 heavy (non-hydrogen) atoms. The first kappa shape index (κ1) is 17.1. The Morgan fingerprint density at radius 3 is 2.75 bits per heavy atom. The normalized spacial score (nSPS) is 26.0. The van der Waals surface area contributed by atoms with Gasteiger partial charge in [0.15, 0.2) is 0 Å². The Balaban J connectivity index is 2.45. The van der Waals surface area contributed by atoms with Gasteiger partial charge in [-0.15, -0.1) is 0 Å². The fourth-order valence-electron chi connectivity index (χ4n) is 2.67. The Labute approximate surface area is 125 Å². The van der Waals surface area contributed by atoms with Gasteiger partial charge in [-0.05, 0) is 36.7 Å². The van der Waals surface area contributed by atoms with Crippen molar-refractivity contribution in [1.29, 1.82) is 0 Å². The Bertz CT molecular complexity index is 338. The van der Waals surface area contributed by atoms with Crippen LogP contribution in [-0.4, -0.2) is 40.7 Å². The quantitative estimate of drug-likeness (QED) is 0.631. The van der Waals surface area contributed by atoms with Crippen LogP contribution in [0.1, 0.15) is 46.0 Å². The Morgan fingerprint density at radius 2 is 2.15 bits per heavy atom. The van der Waals surface area contributed by atoms with Crippen LogP contribution in [0.25, 0.3) is 0 Å². The van der Waals surface area contributed by atoms with E-state index in [0.29, 0.717) is 13.0 Å². The average Bonchev–Trinajstić information content (AvgIpc) is 2.41. The van der Waals surface area contributed by atoms with Gasteiger partial charge in [0.25, 0.3) is 0 Å². The van der Waals surface area contributed by atoms with Gasteiger partial charge in [0.05, 0.1) is 0 Å². The van der Waals surface area contributed by atoms with Gasteiger partial charge < -0.3 is 15.7 Å². The summed E-state index contributed by atoms with van der Waals surface area (Å²) in [5, 5.41) is 15.0. The number of nitrogens with one attached hydrogen (secondary N) is 2. The molecule has 1 aliphatic carbocycles. The standard InChI is InChI=1S/C14H26N2O3S/c1-3-20-10-6-9-15-13(19)16-14(12(17)18)8-5-4-7-11(14)2/h11H,3-10H2,1-2H3,(H,17,18)(H2,15,16,19). The maximum absolute atomic E-state index is 11.9. The van der Waals surface area contributed by atoms with E-state index in [0.717, 1.165) is 37.2 Å². The van der Waals surface area contributed by atoms with Crippen molar-refractivity contribution >= 4 is 23.8 Å². The third-order valence-corrected chi connectivity index (χ3v) is 4.96. The fraction of sp³-hybridized carbons (Fsp3) is 0.857. The third-order valence-electron chi connectivity index (χ3n) is 3.97. The minimum atomic E-state index is -1.10. The number of aliphatic carboxylic acids is 1. The van der Waals surface area contributed by atoms with Gasteiger partial charge in [0, 0.05) is 6.54 Å². The molecule has 5 nitrogen and oxygen atoms in total. The molecule has 2 amide bonds. The first-order chi connectivity index (χ1) is 9.53. The van der Waals surface area contributed by atoms with E-state index in [4.69, 9.17) is 0 Å². The second-order valence-electron chi connectivity index (χ2n) is 5.35. The first-order valence-corrected chi connectivity index (χ1v) is 8.55. The highest BCUT2D eigenvalue weighted by Crippen LogP contribution is 2.33. The van der Waals surface area contributed by atoms with Crippen molar-refractivity contribution in [3.05, 3.63) is 0 Å². The Kier molecular flexibility index (Phi) is 7.19. The van der Waals surface area contributed by atoms with Gasteiger partial charge in [0.2, 0.25) is 0 Å². The largest absolute Gasteiger partial charge is 0.479 e. The summed E-state index contributed by atoms with van der Waals surface area (Å²) < 4.78 is 0. The van der Waals surface area contributed by atoms with E-state index >= 15 is 0 Å². The molecule has 0 aliphatic heterocycles. The van der Waals surface area contributed by atoms with Gasteiger partial charge in [-0.25, -0.2) is 9.59 Å². The molecule has 6 heteroatoms. The third kappa shape index (κ3) is 4.58. The van der Waals surface area contributed by atoms with Crippen LogP contribution < -0.4 is 10.6 Å². The summed E-state index contributed by atoms with van der Waals surface area (Å²) >= 11 is 1.83. The van der Waals surface area contributed by atoms with E-state index in [1.807, 2.05) is 18.7 Å². The Morgan fingerprint density at radius 1 is 1.40 bits per heavy atom. The van der Waals surface area contributed by atoms with E-state index in [1.54, 1.807) is 0 Å². The molecular formula is C14H26N2O3S. The molecular weight excluding hydrogens is 276 g/mol. The fourth-order valence-corrected chi connectivity index (χ4v) is 3.31. The smallest absolute Gasteiger partial charge is 0.329 e. The zero-order valence-corrected chi connectivity index (χ0v) is 13.2. The van der Waals surface area contributed by atoms with Gasteiger partial charge in [-0.3, -0.25) is 0 Å². The van der Waals surface area contributed by atoms with Crippen molar-refractivity contribution in [2.45, 2.75) is 51.5 Å². The maximum atomic E-state index is 11.9. The number of carboxylic acids is 1. The van der Waals surface area contributed by atoms with E-state index in [1.165, 1.54) is 0 Å². The Hall–Kier alpha value is -0.910. The monoisotopic (exact) mass is 302 g/mol. The van der Waals surface area contributed by atoms with Gasteiger partial charge in [0.1, 0.15) is 5.54 Å². The molecule has 116 valence electrons. The molecule has 3 N–H and O–H groups in total. The van der Waals surface area contributed by atoms with E-state index < -0.39 is 11.5 Å². The molecule has 1 aliphatic rings. The summed E-state index contributed by atoms with van der Waals surface area (Å²) in [6, 6.07) is -0.359. The molecule has 0 saturated heterocycles. The van der Waals surface area contributed by atoms with Crippen molar-refractivity contribution in [3.8, 4) is 0 Å². The maximum Gasteiger partial charge on any atom is 0.329 e. The number of urea groups is 1. The predicted molar refractivity (Wildman–Crippen MR) is 82.1 cm³/mol. The van der Waals surface area contributed by atoms with Gasteiger partial charge >= 0.3 is 12.0 Å². The molecule has 1 saturated carbocycles. The van der Waals surface area contributed by atoms with Crippen LogP contribution in [0.3, 0.4) is 0 Å². The highest BCUT2D eigenvalue weighted by Gasteiger charge is 2.46. The van der Waals surface area contributed by atoms with Crippen LogP contribution in [0.15, 0.2) is 0 Å². The highest BCUT2D eigenvalue weighted by molar-refractivity contribution is 7.99. The number of thioether (sulfide) groups is 1. The van der Waals surface area contributed by atoms with Crippen LogP contribution >= 0.6 is 11.8 Å². The van der Waals surface area contributed by atoms with Crippen molar-refractivity contribution in [1.82, 2.24) is 10.6 Å². The molecule has 0 spiro atoms. The average molecular weight is 302 g/mol. The topological polar surface area (TPSA) is 78.4 Å². The summed E-state index contributed by atoms with van der Waals surface area (Å²) in [5.74, 6) is 1.14. The number of amides is 2. The lowest BCUT2D eigenvalue weighted by molar-refractivity contribution is -0.148. The lowest BCUT2D eigenvalue weighted by atomic mass is 9.73. The van der Waals surface area contributed by atoms with Gasteiger partial charge in [-0.2, -0.15) is 11.8 Å². The summed E-state index contributed by atoms with van der Waals surface area (Å²) in [5.41, 5.74) is -1.10. The van der Waals surface area contributed by atoms with Crippen LogP contribution in [0, 0.1) is 5.92 Å². The van der Waals surface area contributed by atoms with E-state index in [2.05, 4.69) is 17.6 Å². The van der Waals surface area contributed by atoms with Crippen molar-refractivity contribution in [2.24, 2.45) is 5.92 Å². The number of hydrogen-bond acceptors (Lipinski definition) is 3. The molecule has 1 fully saturated rings. The predicted octanol–water partition coefficient (Wildman–Crippen LogP) is 2.46. The van der Waals surface area contributed by atoms with Crippen molar-refractivity contribution in [2.75, 3.05) is 18.1 Å². The SMILES string of the molecule is CCSCCCNC(=O)NC1(C(=O)O)CCCCC1C. The molecule has 0 aromatic rings. The number of carbonyl (C=O) groups is 2. The van der Waals surface area contributed by atoms with E-state index in [9.17, 15) is 14.7 Å². The second-order valence-corrected chi connectivity index (χ2v) is 6.75. The molecule has 2 unspecified atom stereocenters. The summed E-state index contributed by atoms with van der Waals surface area (Å²) in [6.45, 7) is 4.60.